The lowest BCUT2D eigenvalue weighted by Crippen LogP contribution is -2.45. The molecule has 140 valence electrons. The van der Waals surface area contributed by atoms with Crippen molar-refractivity contribution in [3.63, 3.8) is 0 Å². The van der Waals surface area contributed by atoms with Crippen molar-refractivity contribution in [2.45, 2.75) is 45.3 Å². The highest BCUT2D eigenvalue weighted by Gasteiger charge is 2.24. The first-order valence-corrected chi connectivity index (χ1v) is 8.06. The van der Waals surface area contributed by atoms with Gasteiger partial charge in [-0.1, -0.05) is 0 Å². The SMILES string of the molecule is COC(=O)[C@H](CCNCCc1ccnc(N)n1)NC(=O)OC(C)(C)C. The van der Waals surface area contributed by atoms with Crippen LogP contribution >= 0.6 is 0 Å². The molecular formula is C16H27N5O4. The number of methoxy groups -OCH3 is 1. The smallest absolute Gasteiger partial charge is 0.408 e. The van der Waals surface area contributed by atoms with Crippen molar-refractivity contribution in [3.8, 4) is 0 Å². The molecule has 0 saturated carbocycles. The average Bonchev–Trinajstić information content (AvgIpc) is 2.51. The van der Waals surface area contributed by atoms with Gasteiger partial charge in [-0.2, -0.15) is 0 Å². The van der Waals surface area contributed by atoms with E-state index in [-0.39, 0.29) is 5.95 Å². The molecule has 25 heavy (non-hydrogen) atoms. The summed E-state index contributed by atoms with van der Waals surface area (Å²) < 4.78 is 9.87. The molecule has 1 rings (SSSR count). The summed E-state index contributed by atoms with van der Waals surface area (Å²) in [6.07, 6.45) is 2.00. The third kappa shape index (κ3) is 8.85. The van der Waals surface area contributed by atoms with Gasteiger partial charge < -0.3 is 25.8 Å². The number of carbonyl (C=O) groups excluding carboxylic acids is 2. The van der Waals surface area contributed by atoms with E-state index in [0.717, 1.165) is 5.69 Å². The number of nitrogen functional groups attached to an aromatic ring is 1. The molecule has 4 N–H and O–H groups in total. The van der Waals surface area contributed by atoms with E-state index in [1.807, 2.05) is 0 Å². The third-order valence-electron chi connectivity index (χ3n) is 3.08. The van der Waals surface area contributed by atoms with Crippen LogP contribution in [0.5, 0.6) is 0 Å². The fraction of sp³-hybridized carbons (Fsp3) is 0.625. The highest BCUT2D eigenvalue weighted by atomic mass is 16.6. The Hall–Kier alpha value is -2.42. The number of hydrogen-bond donors (Lipinski definition) is 3. The summed E-state index contributed by atoms with van der Waals surface area (Å²) in [6, 6.07) is 1.02. The molecule has 9 nitrogen and oxygen atoms in total. The fourth-order valence-electron chi connectivity index (χ4n) is 1.98. The molecule has 1 amide bonds. The molecule has 0 aliphatic heterocycles. The zero-order valence-corrected chi connectivity index (χ0v) is 15.2. The minimum atomic E-state index is -0.776. The maximum atomic E-state index is 11.8. The van der Waals surface area contributed by atoms with E-state index in [1.54, 1.807) is 33.0 Å². The standard InChI is InChI=1S/C16H27N5O4/c1-16(2,3)25-15(23)21-12(13(22)24-4)7-9-18-8-5-11-6-10-19-14(17)20-11/h6,10,12,18H,5,7-9H2,1-4H3,(H,21,23)(H2,17,19,20)/t12-/m0/s1. The molecule has 1 aromatic heterocycles. The van der Waals surface area contributed by atoms with E-state index in [1.165, 1.54) is 7.11 Å². The number of rotatable bonds is 8. The Labute approximate surface area is 147 Å². The second-order valence-electron chi connectivity index (χ2n) is 6.42. The Morgan fingerprint density at radius 1 is 1.32 bits per heavy atom. The molecule has 0 aliphatic carbocycles. The van der Waals surface area contributed by atoms with Gasteiger partial charge in [-0.25, -0.2) is 19.6 Å². The van der Waals surface area contributed by atoms with E-state index in [2.05, 4.69) is 20.6 Å². The monoisotopic (exact) mass is 353 g/mol. The van der Waals surface area contributed by atoms with Crippen molar-refractivity contribution in [3.05, 3.63) is 18.0 Å². The van der Waals surface area contributed by atoms with Crippen LogP contribution in [0.1, 0.15) is 32.9 Å². The highest BCUT2D eigenvalue weighted by molar-refractivity contribution is 5.81. The third-order valence-corrected chi connectivity index (χ3v) is 3.08. The summed E-state index contributed by atoms with van der Waals surface area (Å²) in [7, 11) is 1.28. The van der Waals surface area contributed by atoms with E-state index >= 15 is 0 Å². The molecule has 0 bridgehead atoms. The first-order chi connectivity index (χ1) is 11.7. The van der Waals surface area contributed by atoms with Crippen LogP contribution in [0.15, 0.2) is 12.3 Å². The fourth-order valence-corrected chi connectivity index (χ4v) is 1.98. The first-order valence-electron chi connectivity index (χ1n) is 8.06. The predicted octanol–water partition coefficient (Wildman–Crippen LogP) is 0.647. The van der Waals surface area contributed by atoms with Crippen LogP contribution in [0.25, 0.3) is 0 Å². The van der Waals surface area contributed by atoms with Gasteiger partial charge in [-0.15, -0.1) is 0 Å². The van der Waals surface area contributed by atoms with Crippen LogP contribution < -0.4 is 16.4 Å². The molecule has 0 fully saturated rings. The van der Waals surface area contributed by atoms with Gasteiger partial charge in [0, 0.05) is 24.9 Å². The number of esters is 1. The topological polar surface area (TPSA) is 128 Å². The zero-order chi connectivity index (χ0) is 18.9. The second-order valence-corrected chi connectivity index (χ2v) is 6.42. The molecule has 0 unspecified atom stereocenters. The van der Waals surface area contributed by atoms with Gasteiger partial charge in [0.25, 0.3) is 0 Å². The maximum Gasteiger partial charge on any atom is 0.408 e. The van der Waals surface area contributed by atoms with Gasteiger partial charge in [0.15, 0.2) is 0 Å². The number of alkyl carbamates (subject to hydrolysis) is 1. The predicted molar refractivity (Wildman–Crippen MR) is 92.8 cm³/mol. The van der Waals surface area contributed by atoms with E-state index in [9.17, 15) is 9.59 Å². The lowest BCUT2D eigenvalue weighted by Gasteiger charge is -2.22. The molecule has 1 heterocycles. The molecule has 0 radical (unpaired) electrons. The second kappa shape index (κ2) is 9.77. The molecule has 0 aromatic carbocycles. The van der Waals surface area contributed by atoms with Crippen molar-refractivity contribution >= 4 is 18.0 Å². The molecule has 9 heteroatoms. The van der Waals surface area contributed by atoms with Crippen molar-refractivity contribution in [2.75, 3.05) is 25.9 Å². The van der Waals surface area contributed by atoms with Gasteiger partial charge >= 0.3 is 12.1 Å². The Kier molecular flexibility index (Phi) is 8.06. The number of nitrogens with zero attached hydrogens (tertiary/aromatic N) is 2. The largest absolute Gasteiger partial charge is 0.467 e. The summed E-state index contributed by atoms with van der Waals surface area (Å²) in [5.41, 5.74) is 5.71. The average molecular weight is 353 g/mol. The van der Waals surface area contributed by atoms with Gasteiger partial charge in [-0.3, -0.25) is 0 Å². The number of anilines is 1. The van der Waals surface area contributed by atoms with Gasteiger partial charge in [-0.05, 0) is 39.8 Å². The Bertz CT molecular complexity index is 574. The maximum absolute atomic E-state index is 11.8. The van der Waals surface area contributed by atoms with Crippen LogP contribution in [0.3, 0.4) is 0 Å². The normalized spacial score (nSPS) is 12.3. The molecule has 0 spiro atoms. The molecule has 1 aromatic rings. The van der Waals surface area contributed by atoms with Gasteiger partial charge in [0.1, 0.15) is 11.6 Å². The van der Waals surface area contributed by atoms with Crippen LogP contribution in [-0.2, 0) is 20.7 Å². The van der Waals surface area contributed by atoms with Crippen molar-refractivity contribution < 1.29 is 19.1 Å². The molecule has 1 atom stereocenters. The Balaban J connectivity index is 2.38. The van der Waals surface area contributed by atoms with E-state index < -0.39 is 23.7 Å². The number of amides is 1. The molecule has 0 saturated heterocycles. The number of ether oxygens (including phenoxy) is 2. The summed E-state index contributed by atoms with van der Waals surface area (Å²) in [4.78, 5) is 31.5. The van der Waals surface area contributed by atoms with Crippen LogP contribution in [0, 0.1) is 0 Å². The number of nitrogens with one attached hydrogen (secondary N) is 2. The van der Waals surface area contributed by atoms with E-state index in [0.29, 0.717) is 25.9 Å². The Morgan fingerprint density at radius 2 is 2.04 bits per heavy atom. The Morgan fingerprint density at radius 3 is 2.64 bits per heavy atom. The number of carbonyl (C=O) groups is 2. The quantitative estimate of drug-likeness (QED) is 0.459. The van der Waals surface area contributed by atoms with Crippen molar-refractivity contribution in [1.29, 1.82) is 0 Å². The summed E-state index contributed by atoms with van der Waals surface area (Å²) in [5, 5.41) is 5.71. The minimum absolute atomic E-state index is 0.241. The summed E-state index contributed by atoms with van der Waals surface area (Å²) in [6.45, 7) is 6.41. The van der Waals surface area contributed by atoms with Crippen LogP contribution in [0.4, 0.5) is 10.7 Å². The molecular weight excluding hydrogens is 326 g/mol. The van der Waals surface area contributed by atoms with Crippen LogP contribution in [0.2, 0.25) is 0 Å². The first kappa shape index (κ1) is 20.6. The highest BCUT2D eigenvalue weighted by Crippen LogP contribution is 2.07. The van der Waals surface area contributed by atoms with Gasteiger partial charge in [0.2, 0.25) is 5.95 Å². The number of nitrogens with two attached hydrogens (primary N) is 1. The number of hydrogen-bond acceptors (Lipinski definition) is 8. The van der Waals surface area contributed by atoms with Crippen LogP contribution in [-0.4, -0.2) is 53.9 Å². The minimum Gasteiger partial charge on any atom is -0.467 e. The molecule has 0 aliphatic rings. The van der Waals surface area contributed by atoms with Crippen molar-refractivity contribution in [1.82, 2.24) is 20.6 Å². The lowest BCUT2D eigenvalue weighted by molar-refractivity contribution is -0.143. The zero-order valence-electron chi connectivity index (χ0n) is 15.2. The lowest BCUT2D eigenvalue weighted by atomic mass is 10.2. The van der Waals surface area contributed by atoms with Crippen molar-refractivity contribution in [2.24, 2.45) is 0 Å². The summed E-state index contributed by atoms with van der Waals surface area (Å²) in [5.74, 6) is -0.277. The van der Waals surface area contributed by atoms with Gasteiger partial charge in [0.05, 0.1) is 7.11 Å². The van der Waals surface area contributed by atoms with E-state index in [4.69, 9.17) is 15.2 Å². The number of aromatic nitrogens is 2. The summed E-state index contributed by atoms with van der Waals surface area (Å²) >= 11 is 0.